The number of ketones is 1. The van der Waals surface area contributed by atoms with Crippen molar-refractivity contribution in [1.82, 2.24) is 0 Å². The molecule has 1 aliphatic heterocycles. The minimum atomic E-state index is -2.18. The molecule has 0 bridgehead atoms. The van der Waals surface area contributed by atoms with E-state index in [0.29, 0.717) is 12.8 Å². The van der Waals surface area contributed by atoms with Crippen LogP contribution < -0.4 is 0 Å². The van der Waals surface area contributed by atoms with Gasteiger partial charge in [-0.15, -0.1) is 6.58 Å². The van der Waals surface area contributed by atoms with Crippen LogP contribution in [0, 0.1) is 16.7 Å². The van der Waals surface area contributed by atoms with E-state index in [-0.39, 0.29) is 6.42 Å². The Morgan fingerprint density at radius 3 is 2.23 bits per heavy atom. The minimum Gasteiger partial charge on any atom is -0.457 e. The highest BCUT2D eigenvalue weighted by molar-refractivity contribution is 5.92. The molecule has 0 aromatic heterocycles. The standard InChI is InChI=1S/C22H34O7.C2H6/c1-8-19(5)11-14(25)22(27)20(6)13(24)9-10-18(3,4)16(20)15(26)17(28-12(2)23)21(22,7)29-19;1-2/h8,13,15-17,24,26-27H,1,9-11H2,2-7H3;1-2H3/t13-,15?,16?,17-,19-,20?,21?,22-;/m0./s1. The van der Waals surface area contributed by atoms with Crippen LogP contribution in [0.2, 0.25) is 0 Å². The largest absolute Gasteiger partial charge is 0.457 e. The molecule has 2 saturated carbocycles. The van der Waals surface area contributed by atoms with Crippen LogP contribution in [0.15, 0.2) is 12.7 Å². The van der Waals surface area contributed by atoms with Gasteiger partial charge in [0.25, 0.3) is 0 Å². The third-order valence-electron chi connectivity index (χ3n) is 8.02. The molecule has 0 aromatic rings. The maximum atomic E-state index is 13.6. The number of aliphatic hydroxyl groups excluding tert-OH is 2. The lowest BCUT2D eigenvalue weighted by Gasteiger charge is -2.71. The summed E-state index contributed by atoms with van der Waals surface area (Å²) in [6.45, 7) is 17.6. The monoisotopic (exact) mass is 440 g/mol. The van der Waals surface area contributed by atoms with E-state index < -0.39 is 63.6 Å². The molecule has 2 aliphatic carbocycles. The van der Waals surface area contributed by atoms with Gasteiger partial charge in [-0.1, -0.05) is 40.7 Å². The zero-order valence-electron chi connectivity index (χ0n) is 20.2. The van der Waals surface area contributed by atoms with Gasteiger partial charge in [0.05, 0.1) is 17.8 Å². The van der Waals surface area contributed by atoms with Crippen molar-refractivity contribution in [2.24, 2.45) is 16.7 Å². The number of hydrogen-bond acceptors (Lipinski definition) is 7. The summed E-state index contributed by atoms with van der Waals surface area (Å²) in [6, 6.07) is 0. The molecule has 3 fully saturated rings. The van der Waals surface area contributed by atoms with Crippen molar-refractivity contribution < 1.29 is 34.4 Å². The summed E-state index contributed by atoms with van der Waals surface area (Å²) in [6.07, 6.45) is -1.29. The fraction of sp³-hybridized carbons (Fsp3) is 0.833. The second kappa shape index (κ2) is 7.94. The third kappa shape index (κ3) is 3.31. The summed E-state index contributed by atoms with van der Waals surface area (Å²) in [7, 11) is 0. The van der Waals surface area contributed by atoms with Crippen molar-refractivity contribution in [1.29, 1.82) is 0 Å². The van der Waals surface area contributed by atoms with Crippen LogP contribution in [-0.4, -0.2) is 62.2 Å². The van der Waals surface area contributed by atoms with Gasteiger partial charge in [-0.3, -0.25) is 9.59 Å². The highest BCUT2D eigenvalue weighted by atomic mass is 16.6. The van der Waals surface area contributed by atoms with Gasteiger partial charge in [0.15, 0.2) is 17.5 Å². The zero-order valence-corrected chi connectivity index (χ0v) is 20.2. The summed E-state index contributed by atoms with van der Waals surface area (Å²) < 4.78 is 11.8. The molecule has 0 radical (unpaired) electrons. The Morgan fingerprint density at radius 2 is 1.74 bits per heavy atom. The van der Waals surface area contributed by atoms with Crippen LogP contribution in [0.5, 0.6) is 0 Å². The second-order valence-corrected chi connectivity index (χ2v) is 10.4. The van der Waals surface area contributed by atoms with E-state index in [4.69, 9.17) is 9.47 Å². The molecule has 1 saturated heterocycles. The number of hydrogen-bond donors (Lipinski definition) is 3. The predicted molar refractivity (Wildman–Crippen MR) is 116 cm³/mol. The van der Waals surface area contributed by atoms with E-state index in [1.54, 1.807) is 13.8 Å². The van der Waals surface area contributed by atoms with Gasteiger partial charge in [-0.25, -0.2) is 0 Å². The maximum absolute atomic E-state index is 13.6. The number of carbonyl (C=O) groups excluding carboxylic acids is 2. The predicted octanol–water partition coefficient (Wildman–Crippen LogP) is 2.55. The molecule has 1 heterocycles. The fourth-order valence-corrected chi connectivity index (χ4v) is 6.66. The van der Waals surface area contributed by atoms with Crippen molar-refractivity contribution in [2.75, 3.05) is 0 Å². The Hall–Kier alpha value is -1.28. The van der Waals surface area contributed by atoms with Gasteiger partial charge in [0.2, 0.25) is 0 Å². The maximum Gasteiger partial charge on any atom is 0.303 e. The van der Waals surface area contributed by atoms with Crippen LogP contribution in [0.1, 0.15) is 74.7 Å². The number of rotatable bonds is 2. The van der Waals surface area contributed by atoms with Crippen LogP contribution in [0.4, 0.5) is 0 Å². The molecule has 3 aliphatic rings. The molecule has 3 rings (SSSR count). The van der Waals surface area contributed by atoms with E-state index >= 15 is 0 Å². The van der Waals surface area contributed by atoms with Crippen molar-refractivity contribution in [2.45, 2.75) is 110 Å². The van der Waals surface area contributed by atoms with Gasteiger partial charge >= 0.3 is 5.97 Å². The fourth-order valence-electron chi connectivity index (χ4n) is 6.66. The summed E-state index contributed by atoms with van der Waals surface area (Å²) in [4.78, 5) is 25.5. The van der Waals surface area contributed by atoms with E-state index in [1.165, 1.54) is 19.9 Å². The first-order valence-corrected chi connectivity index (χ1v) is 11.2. The first kappa shape index (κ1) is 26.0. The molecule has 8 atom stereocenters. The van der Waals surface area contributed by atoms with Gasteiger partial charge in [0, 0.05) is 24.7 Å². The van der Waals surface area contributed by atoms with Crippen molar-refractivity contribution in [3.63, 3.8) is 0 Å². The Balaban J connectivity index is 0.00000166. The lowest BCUT2D eigenvalue weighted by Crippen LogP contribution is -2.86. The Kier molecular flexibility index (Phi) is 6.65. The molecule has 178 valence electrons. The highest BCUT2D eigenvalue weighted by Gasteiger charge is 2.81. The zero-order chi connectivity index (χ0) is 24.2. The van der Waals surface area contributed by atoms with Crippen LogP contribution >= 0.6 is 0 Å². The van der Waals surface area contributed by atoms with E-state index in [0.717, 1.165) is 0 Å². The third-order valence-corrected chi connectivity index (χ3v) is 8.02. The first-order valence-electron chi connectivity index (χ1n) is 11.2. The number of ether oxygens (including phenoxy) is 2. The second-order valence-electron chi connectivity index (χ2n) is 10.4. The average molecular weight is 441 g/mol. The van der Waals surface area contributed by atoms with Crippen molar-refractivity contribution >= 4 is 11.8 Å². The highest BCUT2D eigenvalue weighted by Crippen LogP contribution is 2.66. The number of carbonyl (C=O) groups is 2. The average Bonchev–Trinajstić information content (AvgIpc) is 2.67. The molecule has 0 aromatic carbocycles. The summed E-state index contributed by atoms with van der Waals surface area (Å²) in [5.74, 6) is -1.87. The van der Waals surface area contributed by atoms with E-state index in [2.05, 4.69) is 6.58 Å². The van der Waals surface area contributed by atoms with Gasteiger partial charge in [-0.2, -0.15) is 0 Å². The smallest absolute Gasteiger partial charge is 0.303 e. The lowest BCUT2D eigenvalue weighted by atomic mass is 9.40. The molecular formula is C24H40O7. The lowest BCUT2D eigenvalue weighted by molar-refractivity contribution is -0.370. The molecule has 4 unspecified atom stereocenters. The Labute approximate surface area is 185 Å². The normalized spacial score (nSPS) is 48.4. The molecule has 0 amide bonds. The number of Topliss-reactive ketones (excluding diaryl/α,β-unsaturated/α-hetero) is 1. The van der Waals surface area contributed by atoms with Gasteiger partial charge < -0.3 is 24.8 Å². The van der Waals surface area contributed by atoms with E-state index in [9.17, 15) is 24.9 Å². The van der Waals surface area contributed by atoms with Gasteiger partial charge in [0.1, 0.15) is 5.60 Å². The first-order chi connectivity index (χ1) is 14.1. The van der Waals surface area contributed by atoms with E-state index in [1.807, 2.05) is 27.7 Å². The van der Waals surface area contributed by atoms with Crippen LogP contribution in [0.3, 0.4) is 0 Å². The Morgan fingerprint density at radius 1 is 1.19 bits per heavy atom. The molecule has 0 spiro atoms. The van der Waals surface area contributed by atoms with Gasteiger partial charge in [-0.05, 0) is 32.1 Å². The molecule has 3 N–H and O–H groups in total. The molecule has 31 heavy (non-hydrogen) atoms. The quantitative estimate of drug-likeness (QED) is 0.447. The summed E-state index contributed by atoms with van der Waals surface area (Å²) in [5.41, 5.74) is -7.00. The van der Waals surface area contributed by atoms with Crippen LogP contribution in [0.25, 0.3) is 0 Å². The summed E-state index contributed by atoms with van der Waals surface area (Å²) in [5, 5.41) is 34.7. The van der Waals surface area contributed by atoms with Crippen LogP contribution in [-0.2, 0) is 19.1 Å². The van der Waals surface area contributed by atoms with Crippen molar-refractivity contribution in [3.05, 3.63) is 12.7 Å². The Bertz CT molecular complexity index is 748. The SMILES string of the molecule is C=C[C@@]1(C)CC(=O)[C@@]2(O)C(C)(O1)[C@@H](OC(C)=O)C(O)C1C(C)(C)CC[C@H](O)C12C.CC. The number of aliphatic hydroxyl groups is 3. The minimum absolute atomic E-state index is 0.138. The number of esters is 1. The molecule has 7 nitrogen and oxygen atoms in total. The number of fused-ring (bicyclic) bond motifs is 3. The molecular weight excluding hydrogens is 400 g/mol. The van der Waals surface area contributed by atoms with Crippen molar-refractivity contribution in [3.8, 4) is 0 Å². The molecule has 7 heteroatoms. The summed E-state index contributed by atoms with van der Waals surface area (Å²) >= 11 is 0. The topological polar surface area (TPSA) is 113 Å².